The van der Waals surface area contributed by atoms with Gasteiger partial charge in [0, 0.05) is 34.6 Å². The zero-order valence-electron chi connectivity index (χ0n) is 25.9. The first-order chi connectivity index (χ1) is 22.5. The molecule has 1 aliphatic carbocycles. The molecule has 5 rings (SSSR count). The second-order valence-corrected chi connectivity index (χ2v) is 14.4. The van der Waals surface area contributed by atoms with E-state index in [9.17, 15) is 22.4 Å². The Morgan fingerprint density at radius 1 is 0.872 bits per heavy atom. The van der Waals surface area contributed by atoms with Gasteiger partial charge in [0.15, 0.2) is 0 Å². The number of nitrogens with one attached hydrogen (secondary N) is 1. The smallest absolute Gasteiger partial charge is 0.264 e. The Labute approximate surface area is 285 Å². The summed E-state index contributed by atoms with van der Waals surface area (Å²) in [6, 6.07) is 24.3. The van der Waals surface area contributed by atoms with Gasteiger partial charge in [0.25, 0.3) is 10.0 Å². The molecular weight excluding hydrogens is 660 g/mol. The van der Waals surface area contributed by atoms with Gasteiger partial charge in [-0.25, -0.2) is 12.8 Å². The lowest BCUT2D eigenvalue weighted by atomic mass is 10.0. The Morgan fingerprint density at radius 2 is 1.49 bits per heavy atom. The standard InChI is InChI=1S/C36H36Cl2FN3O4S/c1-25-14-20-30(21-15-25)47(45,46)42(29-18-16-27(39)17-19-29)24-35(43)41(23-31-32(37)12-7-13-33(31)38)34(22-26-8-3-2-4-9-26)36(44)40-28-10-5-6-11-28/h2-4,7-9,12-21,28,34H,5-6,10-11,22-24H2,1H3,(H,40,44). The minimum absolute atomic E-state index is 0.0285. The molecule has 1 unspecified atom stereocenters. The van der Waals surface area contributed by atoms with Crippen LogP contribution in [0.3, 0.4) is 0 Å². The molecule has 0 bridgehead atoms. The lowest BCUT2D eigenvalue weighted by Crippen LogP contribution is -2.54. The predicted octanol–water partition coefficient (Wildman–Crippen LogP) is 7.34. The van der Waals surface area contributed by atoms with Gasteiger partial charge in [-0.15, -0.1) is 0 Å². The van der Waals surface area contributed by atoms with Crippen LogP contribution in [0.4, 0.5) is 10.1 Å². The lowest BCUT2D eigenvalue weighted by molar-refractivity contribution is -0.140. The van der Waals surface area contributed by atoms with Crippen LogP contribution < -0.4 is 9.62 Å². The number of hydrogen-bond donors (Lipinski definition) is 1. The van der Waals surface area contributed by atoms with Gasteiger partial charge in [-0.3, -0.25) is 13.9 Å². The summed E-state index contributed by atoms with van der Waals surface area (Å²) >= 11 is 13.2. The zero-order valence-corrected chi connectivity index (χ0v) is 28.2. The van der Waals surface area contributed by atoms with Crippen LogP contribution in [0, 0.1) is 12.7 Å². The maximum absolute atomic E-state index is 14.6. The minimum Gasteiger partial charge on any atom is -0.352 e. The van der Waals surface area contributed by atoms with Crippen molar-refractivity contribution in [2.45, 2.75) is 62.6 Å². The second-order valence-electron chi connectivity index (χ2n) is 11.7. The van der Waals surface area contributed by atoms with E-state index in [0.717, 1.165) is 53.2 Å². The SMILES string of the molecule is Cc1ccc(S(=O)(=O)N(CC(=O)N(Cc2c(Cl)cccc2Cl)C(Cc2ccccc2)C(=O)NC2CCCC2)c2ccc(F)cc2)cc1. The van der Waals surface area contributed by atoms with Crippen molar-refractivity contribution in [2.24, 2.45) is 0 Å². The van der Waals surface area contributed by atoms with Gasteiger partial charge < -0.3 is 10.2 Å². The molecule has 1 atom stereocenters. The van der Waals surface area contributed by atoms with Crippen LogP contribution in [0.5, 0.6) is 0 Å². The van der Waals surface area contributed by atoms with E-state index in [0.29, 0.717) is 15.6 Å². The third-order valence-corrected chi connectivity index (χ3v) is 10.9. The number of aryl methyl sites for hydroxylation is 1. The average Bonchev–Trinajstić information content (AvgIpc) is 3.57. The Bertz CT molecular complexity index is 1780. The fourth-order valence-corrected chi connectivity index (χ4v) is 7.68. The summed E-state index contributed by atoms with van der Waals surface area (Å²) in [5, 5.41) is 3.73. The molecule has 246 valence electrons. The van der Waals surface area contributed by atoms with Crippen molar-refractivity contribution < 1.29 is 22.4 Å². The highest BCUT2D eigenvalue weighted by Gasteiger charge is 2.36. The molecule has 0 aromatic heterocycles. The Balaban J connectivity index is 1.59. The Hall–Kier alpha value is -3.92. The predicted molar refractivity (Wildman–Crippen MR) is 183 cm³/mol. The van der Waals surface area contributed by atoms with E-state index in [2.05, 4.69) is 5.32 Å². The van der Waals surface area contributed by atoms with Crippen molar-refractivity contribution in [3.05, 3.63) is 130 Å². The molecule has 2 amide bonds. The van der Waals surface area contributed by atoms with E-state index < -0.39 is 34.3 Å². The van der Waals surface area contributed by atoms with Crippen LogP contribution in [0.1, 0.15) is 42.4 Å². The number of rotatable bonds is 12. The van der Waals surface area contributed by atoms with E-state index in [1.165, 1.54) is 29.2 Å². The van der Waals surface area contributed by atoms with Crippen LogP contribution in [0.15, 0.2) is 102 Å². The highest BCUT2D eigenvalue weighted by molar-refractivity contribution is 7.92. The van der Waals surface area contributed by atoms with Crippen molar-refractivity contribution in [1.82, 2.24) is 10.2 Å². The molecule has 1 aliphatic rings. The number of amides is 2. The fourth-order valence-electron chi connectivity index (χ4n) is 5.75. The molecule has 0 spiro atoms. The topological polar surface area (TPSA) is 86.8 Å². The number of hydrogen-bond acceptors (Lipinski definition) is 4. The van der Waals surface area contributed by atoms with Gasteiger partial charge in [-0.1, -0.05) is 90.1 Å². The number of anilines is 1. The zero-order chi connectivity index (χ0) is 33.6. The number of carbonyl (C=O) groups is 2. The van der Waals surface area contributed by atoms with E-state index in [-0.39, 0.29) is 35.5 Å². The highest BCUT2D eigenvalue weighted by atomic mass is 35.5. The van der Waals surface area contributed by atoms with Gasteiger partial charge >= 0.3 is 0 Å². The van der Waals surface area contributed by atoms with Crippen LogP contribution in [-0.4, -0.2) is 43.8 Å². The summed E-state index contributed by atoms with van der Waals surface area (Å²) in [4.78, 5) is 30.0. The van der Waals surface area contributed by atoms with Gasteiger partial charge in [0.1, 0.15) is 18.4 Å². The number of carbonyl (C=O) groups excluding carboxylic acids is 2. The van der Waals surface area contributed by atoms with Crippen molar-refractivity contribution in [3.63, 3.8) is 0 Å². The summed E-state index contributed by atoms with van der Waals surface area (Å²) in [5.41, 5.74) is 2.18. The number of benzene rings is 4. The van der Waals surface area contributed by atoms with Gasteiger partial charge in [-0.05, 0) is 73.9 Å². The monoisotopic (exact) mass is 695 g/mol. The summed E-state index contributed by atoms with van der Waals surface area (Å²) in [6.45, 7) is 1.000. The van der Waals surface area contributed by atoms with Gasteiger partial charge in [0.05, 0.1) is 10.6 Å². The molecule has 0 aliphatic heterocycles. The third-order valence-electron chi connectivity index (χ3n) is 8.37. The molecule has 0 heterocycles. The largest absolute Gasteiger partial charge is 0.352 e. The van der Waals surface area contributed by atoms with E-state index >= 15 is 0 Å². The third kappa shape index (κ3) is 8.52. The summed E-state index contributed by atoms with van der Waals surface area (Å²) < 4.78 is 43.2. The molecule has 0 radical (unpaired) electrons. The molecule has 11 heteroatoms. The molecule has 4 aromatic carbocycles. The number of sulfonamides is 1. The summed E-state index contributed by atoms with van der Waals surface area (Å²) in [6.07, 6.45) is 3.82. The molecular formula is C36H36Cl2FN3O4S. The quantitative estimate of drug-likeness (QED) is 0.168. The molecule has 0 saturated heterocycles. The van der Waals surface area contributed by atoms with Gasteiger partial charge in [-0.2, -0.15) is 0 Å². The maximum Gasteiger partial charge on any atom is 0.264 e. The average molecular weight is 697 g/mol. The van der Waals surface area contributed by atoms with Crippen molar-refractivity contribution >= 4 is 50.7 Å². The highest BCUT2D eigenvalue weighted by Crippen LogP contribution is 2.29. The first kappa shape index (κ1) is 34.4. The molecule has 1 fully saturated rings. The van der Waals surface area contributed by atoms with Crippen LogP contribution >= 0.6 is 23.2 Å². The number of nitrogens with zero attached hydrogens (tertiary/aromatic N) is 2. The molecule has 7 nitrogen and oxygen atoms in total. The van der Waals surface area contributed by atoms with Crippen LogP contribution in [0.2, 0.25) is 10.0 Å². The fraction of sp³-hybridized carbons (Fsp3) is 0.278. The minimum atomic E-state index is -4.31. The Kier molecular flexibility index (Phi) is 11.2. The molecule has 1 saturated carbocycles. The molecule has 4 aromatic rings. The summed E-state index contributed by atoms with van der Waals surface area (Å²) in [5.74, 6) is -1.58. The van der Waals surface area contributed by atoms with Crippen molar-refractivity contribution in [1.29, 1.82) is 0 Å². The number of halogens is 3. The maximum atomic E-state index is 14.6. The van der Waals surface area contributed by atoms with E-state index in [1.807, 2.05) is 37.3 Å². The lowest BCUT2D eigenvalue weighted by Gasteiger charge is -2.34. The van der Waals surface area contributed by atoms with Gasteiger partial charge in [0.2, 0.25) is 11.8 Å². The van der Waals surface area contributed by atoms with Crippen LogP contribution in [-0.2, 0) is 32.6 Å². The van der Waals surface area contributed by atoms with Crippen LogP contribution in [0.25, 0.3) is 0 Å². The van der Waals surface area contributed by atoms with Crippen molar-refractivity contribution in [2.75, 3.05) is 10.8 Å². The van der Waals surface area contributed by atoms with E-state index in [4.69, 9.17) is 23.2 Å². The van der Waals surface area contributed by atoms with E-state index in [1.54, 1.807) is 30.3 Å². The summed E-state index contributed by atoms with van der Waals surface area (Å²) in [7, 11) is -4.31. The molecule has 1 N–H and O–H groups in total. The second kappa shape index (κ2) is 15.3. The Morgan fingerprint density at radius 3 is 2.11 bits per heavy atom. The first-order valence-electron chi connectivity index (χ1n) is 15.4. The molecule has 47 heavy (non-hydrogen) atoms. The normalized spacial score (nSPS) is 14.0. The van der Waals surface area contributed by atoms with Crippen molar-refractivity contribution in [3.8, 4) is 0 Å². The first-order valence-corrected chi connectivity index (χ1v) is 17.6.